The predicted molar refractivity (Wildman–Crippen MR) is 75.8 cm³/mol. The van der Waals surface area contributed by atoms with Crippen LogP contribution in [0.5, 0.6) is 0 Å². The molecular formula is C11H12ClN5S. The first-order valence-corrected chi connectivity index (χ1v) is 6.18. The Morgan fingerprint density at radius 2 is 2.28 bits per heavy atom. The lowest BCUT2D eigenvalue weighted by Crippen LogP contribution is -2.30. The van der Waals surface area contributed by atoms with E-state index in [1.165, 1.54) is 0 Å². The average Bonchev–Trinajstić information content (AvgIpc) is 2.84. The third kappa shape index (κ3) is 3.68. The Balaban J connectivity index is 1.75. The highest BCUT2D eigenvalue weighted by atomic mass is 35.5. The standard InChI is InChI=1S/C11H12ClN5S/c12-8-2-1-4-13-9(8)3-5-16-11(18)17-10-14-6-7-15-10/h1-2,4,6-7H,3,5H2,(H3,14,15,16,17,18). The van der Waals surface area contributed by atoms with Crippen LogP contribution >= 0.6 is 23.8 Å². The lowest BCUT2D eigenvalue weighted by Gasteiger charge is -2.08. The number of aromatic amines is 1. The number of halogens is 1. The average molecular weight is 282 g/mol. The van der Waals surface area contributed by atoms with Gasteiger partial charge in [0, 0.05) is 31.6 Å². The number of thiocarbonyl (C=S) groups is 1. The number of imidazole rings is 1. The van der Waals surface area contributed by atoms with Crippen LogP contribution in [0, 0.1) is 0 Å². The van der Waals surface area contributed by atoms with Gasteiger partial charge in [-0.15, -0.1) is 0 Å². The summed E-state index contributed by atoms with van der Waals surface area (Å²) in [6, 6.07) is 3.63. The highest BCUT2D eigenvalue weighted by molar-refractivity contribution is 7.80. The van der Waals surface area contributed by atoms with Gasteiger partial charge in [0.25, 0.3) is 0 Å². The normalized spacial score (nSPS) is 10.1. The van der Waals surface area contributed by atoms with E-state index in [0.717, 1.165) is 5.69 Å². The quantitative estimate of drug-likeness (QED) is 0.748. The number of rotatable bonds is 4. The molecule has 0 atom stereocenters. The molecule has 18 heavy (non-hydrogen) atoms. The van der Waals surface area contributed by atoms with Crippen LogP contribution in [0.2, 0.25) is 5.02 Å². The highest BCUT2D eigenvalue weighted by Crippen LogP contribution is 2.11. The van der Waals surface area contributed by atoms with E-state index < -0.39 is 0 Å². The fourth-order valence-corrected chi connectivity index (χ4v) is 1.80. The van der Waals surface area contributed by atoms with Crippen LogP contribution in [-0.4, -0.2) is 26.6 Å². The van der Waals surface area contributed by atoms with Gasteiger partial charge in [0.2, 0.25) is 5.95 Å². The molecule has 0 aliphatic carbocycles. The van der Waals surface area contributed by atoms with Gasteiger partial charge in [0.05, 0.1) is 10.7 Å². The molecule has 0 spiro atoms. The van der Waals surface area contributed by atoms with Crippen LogP contribution in [0.3, 0.4) is 0 Å². The second-order valence-corrected chi connectivity index (χ2v) is 4.32. The Labute approximate surface area is 115 Å². The molecule has 0 bridgehead atoms. The molecule has 0 aromatic carbocycles. The summed E-state index contributed by atoms with van der Waals surface area (Å²) in [5.74, 6) is 0.614. The number of H-pyrrole nitrogens is 1. The molecule has 0 aliphatic rings. The van der Waals surface area contributed by atoms with Gasteiger partial charge in [-0.3, -0.25) is 4.98 Å². The van der Waals surface area contributed by atoms with Crippen LogP contribution in [0.25, 0.3) is 0 Å². The van der Waals surface area contributed by atoms with E-state index in [2.05, 4.69) is 25.6 Å². The first-order chi connectivity index (χ1) is 8.75. The Bertz CT molecular complexity index is 514. The second-order valence-electron chi connectivity index (χ2n) is 3.50. The van der Waals surface area contributed by atoms with Crippen molar-refractivity contribution in [3.05, 3.63) is 41.4 Å². The molecule has 0 amide bonds. The van der Waals surface area contributed by atoms with Crippen molar-refractivity contribution in [2.45, 2.75) is 6.42 Å². The zero-order valence-corrected chi connectivity index (χ0v) is 11.1. The number of aromatic nitrogens is 3. The Morgan fingerprint density at radius 3 is 3.00 bits per heavy atom. The Morgan fingerprint density at radius 1 is 1.39 bits per heavy atom. The molecule has 3 N–H and O–H groups in total. The van der Waals surface area contributed by atoms with Crippen molar-refractivity contribution < 1.29 is 0 Å². The van der Waals surface area contributed by atoms with Crippen LogP contribution in [0.1, 0.15) is 5.69 Å². The minimum Gasteiger partial charge on any atom is -0.362 e. The molecular weight excluding hydrogens is 270 g/mol. The molecule has 2 aromatic heterocycles. The summed E-state index contributed by atoms with van der Waals surface area (Å²) in [6.45, 7) is 0.656. The van der Waals surface area contributed by atoms with Crippen molar-refractivity contribution in [3.63, 3.8) is 0 Å². The number of pyridine rings is 1. The number of nitrogens with one attached hydrogen (secondary N) is 3. The van der Waals surface area contributed by atoms with Gasteiger partial charge in [0.1, 0.15) is 0 Å². The van der Waals surface area contributed by atoms with Crippen molar-refractivity contribution >= 4 is 34.9 Å². The zero-order chi connectivity index (χ0) is 12.8. The van der Waals surface area contributed by atoms with Crippen LogP contribution in [-0.2, 0) is 6.42 Å². The first kappa shape index (κ1) is 12.8. The van der Waals surface area contributed by atoms with Crippen LogP contribution in [0.4, 0.5) is 5.95 Å². The molecule has 0 saturated carbocycles. The molecule has 2 rings (SSSR count). The van der Waals surface area contributed by atoms with Gasteiger partial charge in [-0.1, -0.05) is 11.6 Å². The molecule has 5 nitrogen and oxygen atoms in total. The summed E-state index contributed by atoms with van der Waals surface area (Å²) < 4.78 is 0. The van der Waals surface area contributed by atoms with Crippen molar-refractivity contribution in [1.29, 1.82) is 0 Å². The van der Waals surface area contributed by atoms with E-state index >= 15 is 0 Å². The van der Waals surface area contributed by atoms with Gasteiger partial charge in [-0.2, -0.15) is 0 Å². The molecule has 0 unspecified atom stereocenters. The zero-order valence-electron chi connectivity index (χ0n) is 9.48. The van der Waals surface area contributed by atoms with E-state index in [0.29, 0.717) is 29.0 Å². The Kier molecular flexibility index (Phi) is 4.49. The monoisotopic (exact) mass is 281 g/mol. The highest BCUT2D eigenvalue weighted by Gasteiger charge is 2.02. The molecule has 7 heteroatoms. The minimum atomic E-state index is 0.511. The number of hydrogen-bond donors (Lipinski definition) is 3. The fraction of sp³-hybridized carbons (Fsp3) is 0.182. The number of hydrogen-bond acceptors (Lipinski definition) is 3. The molecule has 0 radical (unpaired) electrons. The maximum atomic E-state index is 6.00. The molecule has 2 heterocycles. The lowest BCUT2D eigenvalue weighted by molar-refractivity contribution is 0.847. The van der Waals surface area contributed by atoms with Gasteiger partial charge < -0.3 is 15.6 Å². The lowest BCUT2D eigenvalue weighted by atomic mass is 10.3. The first-order valence-electron chi connectivity index (χ1n) is 5.39. The summed E-state index contributed by atoms with van der Waals surface area (Å²) in [4.78, 5) is 11.1. The smallest absolute Gasteiger partial charge is 0.206 e. The summed E-state index contributed by atoms with van der Waals surface area (Å²) in [5.41, 5.74) is 0.854. The molecule has 2 aromatic rings. The molecule has 0 saturated heterocycles. The number of anilines is 1. The predicted octanol–water partition coefficient (Wildman–Crippen LogP) is 1.99. The van der Waals surface area contributed by atoms with E-state index in [9.17, 15) is 0 Å². The SMILES string of the molecule is S=C(NCCc1ncccc1Cl)Nc1ncc[nH]1. The fourth-order valence-electron chi connectivity index (χ4n) is 1.38. The Hall–Kier alpha value is -1.66. The summed E-state index contributed by atoms with van der Waals surface area (Å²) in [6.07, 6.45) is 5.80. The minimum absolute atomic E-state index is 0.511. The third-order valence-electron chi connectivity index (χ3n) is 2.21. The summed E-state index contributed by atoms with van der Waals surface area (Å²) >= 11 is 11.1. The number of nitrogens with zero attached hydrogens (tertiary/aromatic N) is 2. The van der Waals surface area contributed by atoms with Gasteiger partial charge in [-0.05, 0) is 24.4 Å². The molecule has 94 valence electrons. The summed E-state index contributed by atoms with van der Waals surface area (Å²) in [7, 11) is 0. The van der Waals surface area contributed by atoms with Gasteiger partial charge >= 0.3 is 0 Å². The van der Waals surface area contributed by atoms with E-state index in [-0.39, 0.29) is 0 Å². The largest absolute Gasteiger partial charge is 0.362 e. The van der Waals surface area contributed by atoms with E-state index in [1.54, 1.807) is 18.6 Å². The van der Waals surface area contributed by atoms with E-state index in [1.807, 2.05) is 12.1 Å². The van der Waals surface area contributed by atoms with Crippen LogP contribution in [0.15, 0.2) is 30.7 Å². The van der Waals surface area contributed by atoms with Gasteiger partial charge in [0.15, 0.2) is 5.11 Å². The van der Waals surface area contributed by atoms with Gasteiger partial charge in [-0.25, -0.2) is 4.98 Å². The molecule has 0 fully saturated rings. The molecule has 0 aliphatic heterocycles. The summed E-state index contributed by atoms with van der Waals surface area (Å²) in [5, 5.41) is 7.16. The second kappa shape index (κ2) is 6.32. The maximum Gasteiger partial charge on any atom is 0.206 e. The van der Waals surface area contributed by atoms with Crippen LogP contribution < -0.4 is 10.6 Å². The maximum absolute atomic E-state index is 6.00. The van der Waals surface area contributed by atoms with Crippen molar-refractivity contribution in [2.24, 2.45) is 0 Å². The topological polar surface area (TPSA) is 65.6 Å². The third-order valence-corrected chi connectivity index (χ3v) is 2.80. The van der Waals surface area contributed by atoms with Crippen molar-refractivity contribution in [2.75, 3.05) is 11.9 Å². The van der Waals surface area contributed by atoms with E-state index in [4.69, 9.17) is 23.8 Å². The van der Waals surface area contributed by atoms with Crippen molar-refractivity contribution in [1.82, 2.24) is 20.3 Å². The van der Waals surface area contributed by atoms with Crippen molar-refractivity contribution in [3.8, 4) is 0 Å².